The summed E-state index contributed by atoms with van der Waals surface area (Å²) >= 11 is 0. The fourth-order valence-corrected chi connectivity index (χ4v) is 0.301. The van der Waals surface area contributed by atoms with Crippen LogP contribution in [0.1, 0.15) is 20.3 Å². The Bertz CT molecular complexity index is 61.1. The van der Waals surface area contributed by atoms with Crippen LogP contribution in [0.5, 0.6) is 0 Å². The molecule has 0 atom stereocenters. The number of nitrogens with one attached hydrogen (secondary N) is 1. The van der Waals surface area contributed by atoms with E-state index in [4.69, 9.17) is 0 Å². The van der Waals surface area contributed by atoms with E-state index in [1.807, 2.05) is 6.92 Å². The summed E-state index contributed by atoms with van der Waals surface area (Å²) in [4.78, 5) is 10.1. The van der Waals surface area contributed by atoms with Crippen molar-refractivity contribution in [1.29, 1.82) is 0 Å². The second-order valence-corrected chi connectivity index (χ2v) is 1.48. The SMILES string of the molecule is CCCNC(C)=O. The Kier molecular flexibility index (Phi) is 3.38. The Morgan fingerprint density at radius 2 is 2.29 bits per heavy atom. The van der Waals surface area contributed by atoms with Crippen LogP contribution in [-0.4, -0.2) is 12.5 Å². The molecule has 2 heteroatoms. The summed E-state index contributed by atoms with van der Waals surface area (Å²) in [5.74, 6) is 0.0573. The van der Waals surface area contributed by atoms with Crippen LogP contribution >= 0.6 is 0 Å². The van der Waals surface area contributed by atoms with Gasteiger partial charge in [0.25, 0.3) is 0 Å². The van der Waals surface area contributed by atoms with Crippen LogP contribution in [-0.2, 0) is 4.79 Å². The third-order valence-corrected chi connectivity index (χ3v) is 0.624. The Balaban J connectivity index is 2.82. The third kappa shape index (κ3) is 5.47. The molecule has 0 radical (unpaired) electrons. The summed E-state index contributed by atoms with van der Waals surface area (Å²) in [6, 6.07) is 0. The summed E-state index contributed by atoms with van der Waals surface area (Å²) in [5.41, 5.74) is 0. The number of hydrogen-bond donors (Lipinski definition) is 1. The molecule has 42 valence electrons. The second kappa shape index (κ2) is 3.65. The topological polar surface area (TPSA) is 29.1 Å². The van der Waals surface area contributed by atoms with Gasteiger partial charge in [0.15, 0.2) is 0 Å². The van der Waals surface area contributed by atoms with Gasteiger partial charge >= 0.3 is 0 Å². The first-order valence-electron chi connectivity index (χ1n) is 2.51. The minimum Gasteiger partial charge on any atom is -0.356 e. The summed E-state index contributed by atoms with van der Waals surface area (Å²) in [6.07, 6.45) is 1.01. The average molecular weight is 101 g/mol. The molecule has 7 heavy (non-hydrogen) atoms. The molecule has 0 bridgehead atoms. The molecule has 0 saturated heterocycles. The van der Waals surface area contributed by atoms with Crippen LogP contribution in [0.2, 0.25) is 0 Å². The lowest BCUT2D eigenvalue weighted by molar-refractivity contribution is -0.118. The third-order valence-electron chi connectivity index (χ3n) is 0.624. The fraction of sp³-hybridized carbons (Fsp3) is 0.800. The van der Waals surface area contributed by atoms with Crippen LogP contribution in [0, 0.1) is 0 Å². The molecule has 2 nitrogen and oxygen atoms in total. The fourth-order valence-electron chi connectivity index (χ4n) is 0.301. The molecule has 0 aliphatic carbocycles. The second-order valence-electron chi connectivity index (χ2n) is 1.48. The molecule has 0 saturated carbocycles. The van der Waals surface area contributed by atoms with E-state index in [0.29, 0.717) is 0 Å². The summed E-state index contributed by atoms with van der Waals surface area (Å²) in [6.45, 7) is 4.35. The van der Waals surface area contributed by atoms with Crippen LogP contribution in [0.3, 0.4) is 0 Å². The van der Waals surface area contributed by atoms with Gasteiger partial charge < -0.3 is 5.32 Å². The van der Waals surface area contributed by atoms with Gasteiger partial charge in [-0.3, -0.25) is 4.79 Å². The first-order valence-corrected chi connectivity index (χ1v) is 2.51. The number of hydrogen-bond acceptors (Lipinski definition) is 1. The van der Waals surface area contributed by atoms with Gasteiger partial charge in [-0.2, -0.15) is 0 Å². The van der Waals surface area contributed by atoms with Crippen molar-refractivity contribution in [3.05, 3.63) is 0 Å². The van der Waals surface area contributed by atoms with E-state index >= 15 is 0 Å². The van der Waals surface area contributed by atoms with Gasteiger partial charge in [-0.25, -0.2) is 0 Å². The normalized spacial score (nSPS) is 8.29. The predicted molar refractivity (Wildman–Crippen MR) is 29.0 cm³/mol. The van der Waals surface area contributed by atoms with Crippen molar-refractivity contribution in [3.63, 3.8) is 0 Å². The van der Waals surface area contributed by atoms with Crippen molar-refractivity contribution in [1.82, 2.24) is 5.32 Å². The van der Waals surface area contributed by atoms with E-state index in [1.54, 1.807) is 0 Å². The predicted octanol–water partition coefficient (Wildman–Crippen LogP) is 0.532. The quantitative estimate of drug-likeness (QED) is 0.540. The largest absolute Gasteiger partial charge is 0.356 e. The van der Waals surface area contributed by atoms with Gasteiger partial charge in [0, 0.05) is 13.5 Å². The summed E-state index contributed by atoms with van der Waals surface area (Å²) < 4.78 is 0. The number of rotatable bonds is 2. The highest BCUT2D eigenvalue weighted by molar-refractivity contribution is 5.72. The number of carbonyl (C=O) groups is 1. The maximum absolute atomic E-state index is 10.1. The van der Waals surface area contributed by atoms with Gasteiger partial charge in [-0.15, -0.1) is 0 Å². The highest BCUT2D eigenvalue weighted by atomic mass is 16.1. The highest BCUT2D eigenvalue weighted by Crippen LogP contribution is 1.67. The van der Waals surface area contributed by atoms with E-state index in [1.165, 1.54) is 6.92 Å². The standard InChI is InChI=1S/C5H11NO/c1-3-4-6-5(2)7/h3-4H2,1-2H3,(H,6,7). The van der Waals surface area contributed by atoms with E-state index in [0.717, 1.165) is 13.0 Å². The molecule has 0 rings (SSSR count). The summed E-state index contributed by atoms with van der Waals surface area (Å²) in [7, 11) is 0. The van der Waals surface area contributed by atoms with Crippen molar-refractivity contribution >= 4 is 5.91 Å². The molecule has 0 aromatic heterocycles. The van der Waals surface area contributed by atoms with Gasteiger partial charge in [-0.05, 0) is 6.42 Å². The molecule has 0 spiro atoms. The Labute approximate surface area is 43.9 Å². The minimum absolute atomic E-state index is 0.0573. The molecule has 0 aromatic carbocycles. The lowest BCUT2D eigenvalue weighted by atomic mass is 10.5. The molecule has 0 aromatic rings. The van der Waals surface area contributed by atoms with Crippen molar-refractivity contribution < 1.29 is 4.79 Å². The Morgan fingerprint density at radius 3 is 2.43 bits per heavy atom. The smallest absolute Gasteiger partial charge is 0.216 e. The van der Waals surface area contributed by atoms with Crippen molar-refractivity contribution in [2.75, 3.05) is 6.54 Å². The van der Waals surface area contributed by atoms with E-state index < -0.39 is 0 Å². The maximum Gasteiger partial charge on any atom is 0.216 e. The molecule has 0 fully saturated rings. The first kappa shape index (κ1) is 6.47. The zero-order chi connectivity index (χ0) is 5.70. The van der Waals surface area contributed by atoms with Crippen LogP contribution < -0.4 is 5.32 Å². The lowest BCUT2D eigenvalue weighted by Gasteiger charge is -1.93. The maximum atomic E-state index is 10.1. The number of carbonyl (C=O) groups excluding carboxylic acids is 1. The van der Waals surface area contributed by atoms with Gasteiger partial charge in [0.05, 0.1) is 0 Å². The average Bonchev–Trinajstić information content (AvgIpc) is 1.61. The van der Waals surface area contributed by atoms with Crippen molar-refractivity contribution in [2.45, 2.75) is 20.3 Å². The lowest BCUT2D eigenvalue weighted by Crippen LogP contribution is -2.19. The number of amides is 1. The van der Waals surface area contributed by atoms with Crippen LogP contribution in [0.15, 0.2) is 0 Å². The van der Waals surface area contributed by atoms with Crippen molar-refractivity contribution in [3.8, 4) is 0 Å². The van der Waals surface area contributed by atoms with Crippen molar-refractivity contribution in [2.24, 2.45) is 0 Å². The Morgan fingerprint density at radius 1 is 1.71 bits per heavy atom. The van der Waals surface area contributed by atoms with Gasteiger partial charge in [-0.1, -0.05) is 6.92 Å². The molecule has 0 unspecified atom stereocenters. The zero-order valence-electron chi connectivity index (χ0n) is 4.82. The molecule has 0 aliphatic rings. The molecule has 1 amide bonds. The molecular weight excluding hydrogens is 90.1 g/mol. The van der Waals surface area contributed by atoms with E-state index in [-0.39, 0.29) is 5.91 Å². The minimum atomic E-state index is 0.0573. The van der Waals surface area contributed by atoms with Crippen LogP contribution in [0.4, 0.5) is 0 Å². The molecule has 1 N–H and O–H groups in total. The van der Waals surface area contributed by atoms with Gasteiger partial charge in [0.1, 0.15) is 0 Å². The highest BCUT2D eigenvalue weighted by Gasteiger charge is 1.83. The first-order chi connectivity index (χ1) is 3.27. The molecule has 0 heterocycles. The summed E-state index contributed by atoms with van der Waals surface area (Å²) in [5, 5.41) is 2.66. The monoisotopic (exact) mass is 101 g/mol. The Hall–Kier alpha value is -0.530. The van der Waals surface area contributed by atoms with Crippen LogP contribution in [0.25, 0.3) is 0 Å². The van der Waals surface area contributed by atoms with E-state index in [9.17, 15) is 4.79 Å². The zero-order valence-corrected chi connectivity index (χ0v) is 4.82. The van der Waals surface area contributed by atoms with Gasteiger partial charge in [0.2, 0.25) is 5.91 Å². The molecular formula is C5H11NO. The molecule has 0 aliphatic heterocycles. The van der Waals surface area contributed by atoms with E-state index in [2.05, 4.69) is 5.32 Å².